The van der Waals surface area contributed by atoms with E-state index in [0.29, 0.717) is 5.69 Å². The Morgan fingerprint density at radius 2 is 1.82 bits per heavy atom. The highest BCUT2D eigenvalue weighted by Crippen LogP contribution is 2.35. The fourth-order valence-electron chi connectivity index (χ4n) is 1.76. The van der Waals surface area contributed by atoms with Gasteiger partial charge in [0.25, 0.3) is 0 Å². The van der Waals surface area contributed by atoms with Crippen molar-refractivity contribution in [2.45, 2.75) is 24.8 Å². The standard InChI is InChI=1S/C12H18N2O2S/c1-14(17(2,15)16)11-5-3-10(4-6-11)9-12(13)7-8-12/h3-6H,7-9,13H2,1-2H3. The molecule has 0 radical (unpaired) electrons. The molecule has 2 N–H and O–H groups in total. The van der Waals surface area contributed by atoms with Gasteiger partial charge < -0.3 is 5.73 Å². The highest BCUT2D eigenvalue weighted by molar-refractivity contribution is 7.92. The van der Waals surface area contributed by atoms with E-state index in [1.165, 1.54) is 10.6 Å². The van der Waals surface area contributed by atoms with Crippen molar-refractivity contribution in [1.29, 1.82) is 0 Å². The number of nitrogens with two attached hydrogens (primary N) is 1. The fraction of sp³-hybridized carbons (Fsp3) is 0.500. The van der Waals surface area contributed by atoms with Crippen LogP contribution in [0.4, 0.5) is 5.69 Å². The molecule has 1 aromatic carbocycles. The highest BCUT2D eigenvalue weighted by Gasteiger charge is 2.37. The van der Waals surface area contributed by atoms with Crippen LogP contribution in [0.15, 0.2) is 24.3 Å². The van der Waals surface area contributed by atoms with E-state index in [4.69, 9.17) is 5.73 Å². The summed E-state index contributed by atoms with van der Waals surface area (Å²) in [5.74, 6) is 0. The molecule has 1 aliphatic carbocycles. The number of hydrogen-bond donors (Lipinski definition) is 1. The number of hydrogen-bond acceptors (Lipinski definition) is 3. The van der Waals surface area contributed by atoms with Gasteiger partial charge >= 0.3 is 0 Å². The van der Waals surface area contributed by atoms with Gasteiger partial charge in [0.1, 0.15) is 0 Å². The topological polar surface area (TPSA) is 63.4 Å². The normalized spacial score (nSPS) is 17.8. The minimum atomic E-state index is -3.18. The third-order valence-corrected chi connectivity index (χ3v) is 4.45. The zero-order chi connectivity index (χ0) is 12.7. The van der Waals surface area contributed by atoms with Crippen molar-refractivity contribution in [3.05, 3.63) is 29.8 Å². The molecule has 0 aromatic heterocycles. The Labute approximate surface area is 102 Å². The second-order valence-corrected chi connectivity index (χ2v) is 6.95. The molecule has 5 heteroatoms. The number of rotatable bonds is 4. The van der Waals surface area contributed by atoms with Crippen molar-refractivity contribution in [3.63, 3.8) is 0 Å². The molecule has 0 saturated heterocycles. The summed E-state index contributed by atoms with van der Waals surface area (Å²) in [5.41, 5.74) is 7.87. The molecule has 2 rings (SSSR count). The highest BCUT2D eigenvalue weighted by atomic mass is 32.2. The second kappa shape index (κ2) is 3.99. The first-order chi connectivity index (χ1) is 7.80. The molecule has 0 atom stereocenters. The number of benzene rings is 1. The second-order valence-electron chi connectivity index (χ2n) is 4.94. The smallest absolute Gasteiger partial charge is 0.231 e. The molecule has 94 valence electrons. The first-order valence-electron chi connectivity index (χ1n) is 5.62. The lowest BCUT2D eigenvalue weighted by molar-refractivity contribution is 0.600. The van der Waals surface area contributed by atoms with Crippen LogP contribution in [0.1, 0.15) is 18.4 Å². The van der Waals surface area contributed by atoms with Gasteiger partial charge in [-0.15, -0.1) is 0 Å². The van der Waals surface area contributed by atoms with Gasteiger partial charge in [-0.25, -0.2) is 8.42 Å². The van der Waals surface area contributed by atoms with Crippen molar-refractivity contribution in [3.8, 4) is 0 Å². The van der Waals surface area contributed by atoms with Gasteiger partial charge in [-0.05, 0) is 37.0 Å². The van der Waals surface area contributed by atoms with Crippen LogP contribution in [-0.2, 0) is 16.4 Å². The minimum Gasteiger partial charge on any atom is -0.325 e. The monoisotopic (exact) mass is 254 g/mol. The summed E-state index contributed by atoms with van der Waals surface area (Å²) in [6.45, 7) is 0. The summed E-state index contributed by atoms with van der Waals surface area (Å²) >= 11 is 0. The van der Waals surface area contributed by atoms with Gasteiger partial charge in [-0.2, -0.15) is 0 Å². The lowest BCUT2D eigenvalue weighted by atomic mass is 10.0. The summed E-state index contributed by atoms with van der Waals surface area (Å²) < 4.78 is 24.0. The third-order valence-electron chi connectivity index (χ3n) is 3.25. The molecule has 0 aliphatic heterocycles. The lowest BCUT2D eigenvalue weighted by Crippen LogP contribution is -2.25. The SMILES string of the molecule is CN(c1ccc(CC2(N)CC2)cc1)S(C)(=O)=O. The largest absolute Gasteiger partial charge is 0.325 e. The van der Waals surface area contributed by atoms with Gasteiger partial charge in [-0.3, -0.25) is 4.31 Å². The maximum Gasteiger partial charge on any atom is 0.231 e. The number of nitrogens with zero attached hydrogens (tertiary/aromatic N) is 1. The fourth-order valence-corrected chi connectivity index (χ4v) is 2.26. The molecule has 17 heavy (non-hydrogen) atoms. The molecule has 1 aliphatic rings. The molecule has 1 aromatic rings. The zero-order valence-corrected chi connectivity index (χ0v) is 11.0. The average Bonchev–Trinajstić information content (AvgIpc) is 2.95. The van der Waals surface area contributed by atoms with Crippen molar-refractivity contribution in [2.75, 3.05) is 17.6 Å². The number of sulfonamides is 1. The predicted molar refractivity (Wildman–Crippen MR) is 69.5 cm³/mol. The van der Waals surface area contributed by atoms with Crippen molar-refractivity contribution in [2.24, 2.45) is 5.73 Å². The van der Waals surface area contributed by atoms with Crippen LogP contribution in [-0.4, -0.2) is 27.3 Å². The Hall–Kier alpha value is -1.07. The molecular weight excluding hydrogens is 236 g/mol. The van der Waals surface area contributed by atoms with E-state index in [1.807, 2.05) is 24.3 Å². The van der Waals surface area contributed by atoms with E-state index in [9.17, 15) is 8.42 Å². The van der Waals surface area contributed by atoms with Gasteiger partial charge in [-0.1, -0.05) is 12.1 Å². The summed E-state index contributed by atoms with van der Waals surface area (Å²) in [6.07, 6.45) is 4.23. The first kappa shape index (κ1) is 12.4. The van der Waals surface area contributed by atoms with Crippen LogP contribution >= 0.6 is 0 Å². The van der Waals surface area contributed by atoms with Gasteiger partial charge in [0.05, 0.1) is 11.9 Å². The summed E-state index contributed by atoms with van der Waals surface area (Å²) in [7, 11) is -1.63. The third kappa shape index (κ3) is 2.98. The van der Waals surface area contributed by atoms with E-state index in [0.717, 1.165) is 24.8 Å². The Balaban J connectivity index is 2.13. The molecule has 4 nitrogen and oxygen atoms in total. The average molecular weight is 254 g/mol. The number of anilines is 1. The Morgan fingerprint density at radius 3 is 2.24 bits per heavy atom. The first-order valence-corrected chi connectivity index (χ1v) is 7.47. The molecule has 0 heterocycles. The van der Waals surface area contributed by atoms with Crippen LogP contribution in [0, 0.1) is 0 Å². The van der Waals surface area contributed by atoms with Crippen molar-refractivity contribution >= 4 is 15.7 Å². The van der Waals surface area contributed by atoms with Crippen LogP contribution in [0.2, 0.25) is 0 Å². The summed E-state index contributed by atoms with van der Waals surface area (Å²) in [6, 6.07) is 7.54. The zero-order valence-electron chi connectivity index (χ0n) is 10.2. The molecule has 0 unspecified atom stereocenters. The maximum absolute atomic E-state index is 11.4. The van der Waals surface area contributed by atoms with Crippen LogP contribution in [0.5, 0.6) is 0 Å². The van der Waals surface area contributed by atoms with Gasteiger partial charge in [0.2, 0.25) is 10.0 Å². The van der Waals surface area contributed by atoms with E-state index in [1.54, 1.807) is 7.05 Å². The van der Waals surface area contributed by atoms with E-state index >= 15 is 0 Å². The van der Waals surface area contributed by atoms with Crippen molar-refractivity contribution < 1.29 is 8.42 Å². The van der Waals surface area contributed by atoms with Gasteiger partial charge in [0.15, 0.2) is 0 Å². The van der Waals surface area contributed by atoms with Crippen LogP contribution in [0.25, 0.3) is 0 Å². The molecule has 0 bridgehead atoms. The van der Waals surface area contributed by atoms with E-state index < -0.39 is 10.0 Å². The molecular formula is C12H18N2O2S. The Morgan fingerprint density at radius 1 is 1.29 bits per heavy atom. The lowest BCUT2D eigenvalue weighted by Gasteiger charge is -2.17. The van der Waals surface area contributed by atoms with Crippen LogP contribution in [0.3, 0.4) is 0 Å². The van der Waals surface area contributed by atoms with Crippen LogP contribution < -0.4 is 10.0 Å². The Kier molecular flexibility index (Phi) is 2.91. The van der Waals surface area contributed by atoms with E-state index in [2.05, 4.69) is 0 Å². The molecule has 1 saturated carbocycles. The molecule has 0 amide bonds. The van der Waals surface area contributed by atoms with Crippen molar-refractivity contribution in [1.82, 2.24) is 0 Å². The predicted octanol–water partition coefficient (Wildman–Crippen LogP) is 1.12. The summed E-state index contributed by atoms with van der Waals surface area (Å²) in [4.78, 5) is 0. The van der Waals surface area contributed by atoms with E-state index in [-0.39, 0.29) is 5.54 Å². The Bertz CT molecular complexity index is 504. The molecule has 0 spiro atoms. The minimum absolute atomic E-state index is 0.00967. The maximum atomic E-state index is 11.4. The van der Waals surface area contributed by atoms with Gasteiger partial charge in [0, 0.05) is 12.6 Å². The quantitative estimate of drug-likeness (QED) is 0.875. The summed E-state index contributed by atoms with van der Waals surface area (Å²) in [5, 5.41) is 0. The molecule has 1 fully saturated rings.